The van der Waals surface area contributed by atoms with Crippen molar-refractivity contribution in [2.24, 2.45) is 5.92 Å². The van der Waals surface area contributed by atoms with E-state index in [4.69, 9.17) is 0 Å². The molecule has 0 spiro atoms. The van der Waals surface area contributed by atoms with Crippen LogP contribution < -0.4 is 5.56 Å². The van der Waals surface area contributed by atoms with Gasteiger partial charge in [0.05, 0.1) is 24.1 Å². The van der Waals surface area contributed by atoms with Crippen LogP contribution in [0.3, 0.4) is 0 Å². The monoisotopic (exact) mass is 372 g/mol. The van der Waals surface area contributed by atoms with Crippen LogP contribution in [-0.4, -0.2) is 54.9 Å². The smallest absolute Gasteiger partial charge is 0.276 e. The number of halogens is 1. The fourth-order valence-electron chi connectivity index (χ4n) is 3.65. The normalized spacial score (nSPS) is 17.1. The Morgan fingerprint density at radius 1 is 1.44 bits per heavy atom. The Kier molecular flexibility index (Phi) is 4.51. The quantitative estimate of drug-likeness (QED) is 0.739. The van der Waals surface area contributed by atoms with E-state index in [-0.39, 0.29) is 24.1 Å². The third-order valence-electron chi connectivity index (χ3n) is 5.15. The first-order valence-electron chi connectivity index (χ1n) is 9.06. The Balaban J connectivity index is 1.58. The lowest BCUT2D eigenvalue weighted by atomic mass is 10.0. The van der Waals surface area contributed by atoms with Crippen molar-refractivity contribution in [3.05, 3.63) is 46.1 Å². The molecule has 3 aromatic heterocycles. The molecule has 0 saturated carbocycles. The molecule has 1 N–H and O–H groups in total. The van der Waals surface area contributed by atoms with Gasteiger partial charge in [0.15, 0.2) is 0 Å². The van der Waals surface area contributed by atoms with Crippen molar-refractivity contribution in [1.29, 1.82) is 0 Å². The van der Waals surface area contributed by atoms with Crippen molar-refractivity contribution < 1.29 is 9.18 Å². The van der Waals surface area contributed by atoms with Gasteiger partial charge in [0.2, 0.25) is 5.95 Å². The summed E-state index contributed by atoms with van der Waals surface area (Å²) in [5, 5.41) is 8.60. The zero-order valence-corrected chi connectivity index (χ0v) is 15.1. The number of nitrogens with one attached hydrogen (secondary N) is 1. The van der Waals surface area contributed by atoms with Gasteiger partial charge >= 0.3 is 0 Å². The largest absolute Gasteiger partial charge is 0.338 e. The first-order chi connectivity index (χ1) is 13.1. The molecule has 4 heterocycles. The van der Waals surface area contributed by atoms with Gasteiger partial charge in [-0.25, -0.2) is 9.20 Å². The summed E-state index contributed by atoms with van der Waals surface area (Å²) < 4.78 is 15.3. The van der Waals surface area contributed by atoms with Crippen molar-refractivity contribution in [1.82, 2.24) is 29.3 Å². The number of carbonyl (C=O) groups is 1. The second-order valence-corrected chi connectivity index (χ2v) is 6.91. The number of aromatic nitrogens is 5. The predicted molar refractivity (Wildman–Crippen MR) is 96.9 cm³/mol. The number of fused-ring (bicyclic) bond motifs is 1. The maximum Gasteiger partial charge on any atom is 0.276 e. The molecule has 1 aliphatic heterocycles. The van der Waals surface area contributed by atoms with Gasteiger partial charge in [0.25, 0.3) is 11.5 Å². The fraction of sp³-hybridized carbons (Fsp3) is 0.444. The summed E-state index contributed by atoms with van der Waals surface area (Å²) in [5.74, 6) is 0.516. The molecule has 0 bridgehead atoms. The van der Waals surface area contributed by atoms with Gasteiger partial charge < -0.3 is 4.90 Å². The number of H-pyrrole nitrogens is 1. The highest BCUT2D eigenvalue weighted by molar-refractivity contribution is 5.95. The van der Waals surface area contributed by atoms with Crippen LogP contribution in [0.15, 0.2) is 29.3 Å². The summed E-state index contributed by atoms with van der Waals surface area (Å²) in [6, 6.07) is 3.41. The number of rotatable bonds is 5. The lowest BCUT2D eigenvalue weighted by Gasteiger charge is -2.16. The van der Waals surface area contributed by atoms with E-state index in [1.165, 1.54) is 15.4 Å². The van der Waals surface area contributed by atoms with Crippen LogP contribution in [0.2, 0.25) is 0 Å². The maximum absolute atomic E-state index is 12.9. The Labute approximate surface area is 154 Å². The molecule has 0 aromatic carbocycles. The number of hydrogen-bond donors (Lipinski definition) is 1. The van der Waals surface area contributed by atoms with E-state index >= 15 is 0 Å². The molecule has 142 valence electrons. The molecule has 1 fully saturated rings. The van der Waals surface area contributed by atoms with Gasteiger partial charge in [0.1, 0.15) is 5.52 Å². The Morgan fingerprint density at radius 3 is 3.11 bits per heavy atom. The van der Waals surface area contributed by atoms with E-state index in [0.29, 0.717) is 42.2 Å². The van der Waals surface area contributed by atoms with Crippen LogP contribution in [0, 0.1) is 12.8 Å². The average molecular weight is 372 g/mol. The Bertz CT molecular complexity index is 1040. The van der Waals surface area contributed by atoms with Crippen LogP contribution >= 0.6 is 0 Å². The van der Waals surface area contributed by atoms with Crippen molar-refractivity contribution in [3.8, 4) is 5.95 Å². The van der Waals surface area contributed by atoms with Gasteiger partial charge in [-0.3, -0.25) is 19.0 Å². The lowest BCUT2D eigenvalue weighted by molar-refractivity contribution is 0.0785. The van der Waals surface area contributed by atoms with Gasteiger partial charge in [-0.2, -0.15) is 5.10 Å². The lowest BCUT2D eigenvalue weighted by Crippen LogP contribution is -2.29. The van der Waals surface area contributed by atoms with E-state index in [1.54, 1.807) is 30.2 Å². The molecule has 1 saturated heterocycles. The predicted octanol–water partition coefficient (Wildman–Crippen LogP) is 1.73. The SMILES string of the molecule is Cc1c(C(=O)N2CCC(CCCF)C2)cnn1-c1nn2cccc2c(=O)[nH]1. The summed E-state index contributed by atoms with van der Waals surface area (Å²) in [6.07, 6.45) is 5.44. The second kappa shape index (κ2) is 6.98. The summed E-state index contributed by atoms with van der Waals surface area (Å²) in [4.78, 5) is 29.5. The number of nitrogens with zero attached hydrogens (tertiary/aromatic N) is 5. The topological polar surface area (TPSA) is 88.3 Å². The van der Waals surface area contributed by atoms with Gasteiger partial charge in [-0.15, -0.1) is 5.10 Å². The highest BCUT2D eigenvalue weighted by atomic mass is 19.1. The second-order valence-electron chi connectivity index (χ2n) is 6.91. The number of amides is 1. The zero-order chi connectivity index (χ0) is 19.0. The fourth-order valence-corrected chi connectivity index (χ4v) is 3.65. The van der Waals surface area contributed by atoms with E-state index in [0.717, 1.165) is 12.8 Å². The van der Waals surface area contributed by atoms with Crippen LogP contribution in [0.4, 0.5) is 4.39 Å². The summed E-state index contributed by atoms with van der Waals surface area (Å²) in [5.41, 5.74) is 1.26. The van der Waals surface area contributed by atoms with Crippen molar-refractivity contribution in [2.75, 3.05) is 19.8 Å². The number of aromatic amines is 1. The molecule has 27 heavy (non-hydrogen) atoms. The Hall–Kier alpha value is -2.97. The molecular formula is C18H21FN6O2. The van der Waals surface area contributed by atoms with Crippen molar-refractivity contribution >= 4 is 11.4 Å². The molecule has 9 heteroatoms. The molecule has 1 aliphatic rings. The summed E-state index contributed by atoms with van der Waals surface area (Å²) >= 11 is 0. The number of alkyl halides is 1. The van der Waals surface area contributed by atoms with Gasteiger partial charge in [-0.1, -0.05) is 0 Å². The van der Waals surface area contributed by atoms with E-state index in [1.807, 2.05) is 0 Å². The van der Waals surface area contributed by atoms with Crippen LogP contribution in [0.1, 0.15) is 35.3 Å². The van der Waals surface area contributed by atoms with Crippen LogP contribution in [-0.2, 0) is 0 Å². The number of likely N-dealkylation sites (tertiary alicyclic amines) is 1. The minimum Gasteiger partial charge on any atom is -0.338 e. The van der Waals surface area contributed by atoms with Crippen LogP contribution in [0.5, 0.6) is 0 Å². The summed E-state index contributed by atoms with van der Waals surface area (Å²) in [7, 11) is 0. The standard InChI is InChI=1S/C18H21FN6O2/c1-12-14(17(27)23-9-6-13(11-23)4-2-7-19)10-20-25(12)18-21-16(26)15-5-3-8-24(15)22-18/h3,5,8,10,13H,2,4,6-7,9,11H2,1H3,(H,21,22,26). The molecule has 1 atom stereocenters. The van der Waals surface area contributed by atoms with Gasteiger partial charge in [0, 0.05) is 19.3 Å². The molecule has 1 unspecified atom stereocenters. The highest BCUT2D eigenvalue weighted by Crippen LogP contribution is 2.24. The third kappa shape index (κ3) is 3.13. The molecule has 0 radical (unpaired) electrons. The first-order valence-corrected chi connectivity index (χ1v) is 9.06. The maximum atomic E-state index is 12.9. The summed E-state index contributed by atoms with van der Waals surface area (Å²) in [6.45, 7) is 2.78. The average Bonchev–Trinajstić information content (AvgIpc) is 3.38. The number of carbonyl (C=O) groups excluding carboxylic acids is 1. The van der Waals surface area contributed by atoms with Crippen molar-refractivity contribution in [2.45, 2.75) is 26.2 Å². The Morgan fingerprint density at radius 2 is 2.30 bits per heavy atom. The van der Waals surface area contributed by atoms with Crippen LogP contribution in [0.25, 0.3) is 11.5 Å². The van der Waals surface area contributed by atoms with E-state index in [9.17, 15) is 14.0 Å². The molecule has 0 aliphatic carbocycles. The highest BCUT2D eigenvalue weighted by Gasteiger charge is 2.29. The molecule has 8 nitrogen and oxygen atoms in total. The van der Waals surface area contributed by atoms with E-state index in [2.05, 4.69) is 15.2 Å². The first kappa shape index (κ1) is 17.4. The van der Waals surface area contributed by atoms with Gasteiger partial charge in [-0.05, 0) is 44.2 Å². The minimum absolute atomic E-state index is 0.0918. The van der Waals surface area contributed by atoms with Crippen molar-refractivity contribution in [3.63, 3.8) is 0 Å². The minimum atomic E-state index is -0.312. The number of hydrogen-bond acceptors (Lipinski definition) is 4. The molecule has 1 amide bonds. The zero-order valence-electron chi connectivity index (χ0n) is 15.1. The molecule has 3 aromatic rings. The van der Waals surface area contributed by atoms with E-state index < -0.39 is 0 Å². The molecule has 4 rings (SSSR count). The molecular weight excluding hydrogens is 351 g/mol. The third-order valence-corrected chi connectivity index (χ3v) is 5.15.